The molecule has 0 atom stereocenters. The molecule has 0 amide bonds. The van der Waals surface area contributed by atoms with Crippen LogP contribution < -0.4 is 15.4 Å². The van der Waals surface area contributed by atoms with Gasteiger partial charge in [-0.15, -0.1) is 0 Å². The van der Waals surface area contributed by atoms with Gasteiger partial charge in [-0.05, 0) is 45.0 Å². The van der Waals surface area contributed by atoms with Crippen molar-refractivity contribution < 1.29 is 9.47 Å². The Morgan fingerprint density at radius 3 is 2.57 bits per heavy atom. The fourth-order valence-electron chi connectivity index (χ4n) is 3.47. The molecule has 7 heteroatoms. The first-order valence-electron chi connectivity index (χ1n) is 11.5. The summed E-state index contributed by atoms with van der Waals surface area (Å²) in [5, 5.41) is 6.72. The van der Waals surface area contributed by atoms with E-state index in [0.29, 0.717) is 13.2 Å². The van der Waals surface area contributed by atoms with Gasteiger partial charge in [0.1, 0.15) is 5.75 Å². The number of benzene rings is 1. The van der Waals surface area contributed by atoms with Gasteiger partial charge in [-0.25, -0.2) is 0 Å². The summed E-state index contributed by atoms with van der Waals surface area (Å²) in [5.41, 5.74) is 0.979. The molecule has 1 fully saturated rings. The van der Waals surface area contributed by atoms with Crippen molar-refractivity contribution in [2.24, 2.45) is 4.99 Å². The van der Waals surface area contributed by atoms with Crippen molar-refractivity contribution in [3.05, 3.63) is 24.3 Å². The zero-order valence-electron chi connectivity index (χ0n) is 19.2. The molecule has 0 aromatic heterocycles. The van der Waals surface area contributed by atoms with Gasteiger partial charge in [-0.3, -0.25) is 4.99 Å². The van der Waals surface area contributed by atoms with Gasteiger partial charge in [-0.1, -0.05) is 13.0 Å². The summed E-state index contributed by atoms with van der Waals surface area (Å²) < 4.78 is 10.8. The van der Waals surface area contributed by atoms with E-state index in [2.05, 4.69) is 34.3 Å². The predicted octanol–water partition coefficient (Wildman–Crippen LogP) is 2.90. The maximum absolute atomic E-state index is 5.79. The van der Waals surface area contributed by atoms with E-state index in [1.165, 1.54) is 45.7 Å². The largest absolute Gasteiger partial charge is 0.493 e. The maximum atomic E-state index is 5.79. The Morgan fingerprint density at radius 2 is 1.83 bits per heavy atom. The molecule has 1 saturated heterocycles. The van der Waals surface area contributed by atoms with Crippen LogP contribution >= 0.6 is 0 Å². The fourth-order valence-corrected chi connectivity index (χ4v) is 3.47. The number of rotatable bonds is 13. The number of hydrogen-bond donors (Lipinski definition) is 2. The summed E-state index contributed by atoms with van der Waals surface area (Å²) in [5.74, 6) is 1.68. The van der Waals surface area contributed by atoms with Gasteiger partial charge in [0, 0.05) is 71.2 Å². The zero-order chi connectivity index (χ0) is 21.4. The number of unbranched alkanes of at least 4 members (excludes halogenated alkanes) is 1. The Kier molecular flexibility index (Phi) is 12.3. The van der Waals surface area contributed by atoms with Gasteiger partial charge in [0.05, 0.1) is 6.61 Å². The zero-order valence-corrected chi connectivity index (χ0v) is 19.2. The van der Waals surface area contributed by atoms with Gasteiger partial charge < -0.3 is 29.9 Å². The van der Waals surface area contributed by atoms with E-state index in [1.54, 1.807) is 7.11 Å². The number of anilines is 1. The van der Waals surface area contributed by atoms with Gasteiger partial charge in [0.25, 0.3) is 0 Å². The van der Waals surface area contributed by atoms with E-state index in [0.717, 1.165) is 43.3 Å². The van der Waals surface area contributed by atoms with Crippen molar-refractivity contribution in [2.75, 3.05) is 78.0 Å². The quantitative estimate of drug-likeness (QED) is 0.291. The van der Waals surface area contributed by atoms with Crippen LogP contribution in [0.2, 0.25) is 0 Å². The van der Waals surface area contributed by atoms with Crippen LogP contribution in [0.25, 0.3) is 0 Å². The molecule has 1 aromatic carbocycles. The second-order valence-electron chi connectivity index (χ2n) is 7.59. The van der Waals surface area contributed by atoms with E-state index in [4.69, 9.17) is 14.5 Å². The van der Waals surface area contributed by atoms with Crippen molar-refractivity contribution in [2.45, 2.75) is 33.1 Å². The smallest absolute Gasteiger partial charge is 0.195 e. The maximum Gasteiger partial charge on any atom is 0.195 e. The second-order valence-corrected chi connectivity index (χ2v) is 7.59. The third kappa shape index (κ3) is 9.78. The third-order valence-corrected chi connectivity index (χ3v) is 5.27. The average Bonchev–Trinajstić information content (AvgIpc) is 2.77. The Balaban J connectivity index is 1.72. The lowest BCUT2D eigenvalue weighted by atomic mass is 10.2. The highest BCUT2D eigenvalue weighted by atomic mass is 16.5. The SMILES string of the molecule is CCNC(=NCCCCN1CCN(CC)CC1)Nc1cccc(OCCCOC)c1. The van der Waals surface area contributed by atoms with Crippen molar-refractivity contribution in [3.63, 3.8) is 0 Å². The first kappa shape index (κ1) is 24.4. The molecule has 30 heavy (non-hydrogen) atoms. The van der Waals surface area contributed by atoms with Crippen LogP contribution in [-0.4, -0.2) is 88.4 Å². The topological polar surface area (TPSA) is 61.4 Å². The minimum Gasteiger partial charge on any atom is -0.493 e. The lowest BCUT2D eigenvalue weighted by Gasteiger charge is -2.33. The molecule has 0 radical (unpaired) electrons. The Bertz CT molecular complexity index is 603. The highest BCUT2D eigenvalue weighted by Crippen LogP contribution is 2.17. The molecule has 7 nitrogen and oxygen atoms in total. The molecule has 2 rings (SSSR count). The van der Waals surface area contributed by atoms with Gasteiger partial charge in [0.15, 0.2) is 5.96 Å². The molecule has 2 N–H and O–H groups in total. The number of ether oxygens (including phenoxy) is 2. The van der Waals surface area contributed by atoms with E-state index in [1.807, 2.05) is 24.3 Å². The Hall–Kier alpha value is -1.83. The first-order chi connectivity index (χ1) is 14.7. The number of nitrogens with zero attached hydrogens (tertiary/aromatic N) is 3. The molecular weight excluding hydrogens is 378 g/mol. The average molecular weight is 420 g/mol. The van der Waals surface area contributed by atoms with Gasteiger partial charge in [0.2, 0.25) is 0 Å². The van der Waals surface area contributed by atoms with E-state index in [9.17, 15) is 0 Å². The summed E-state index contributed by atoms with van der Waals surface area (Å²) in [7, 11) is 1.71. The molecule has 0 unspecified atom stereocenters. The minimum atomic E-state index is 0.652. The van der Waals surface area contributed by atoms with Crippen molar-refractivity contribution in [1.82, 2.24) is 15.1 Å². The molecule has 1 aromatic rings. The highest BCUT2D eigenvalue weighted by molar-refractivity contribution is 5.93. The summed E-state index contributed by atoms with van der Waals surface area (Å²) in [6, 6.07) is 8.01. The summed E-state index contributed by atoms with van der Waals surface area (Å²) in [6.07, 6.45) is 3.18. The van der Waals surface area contributed by atoms with E-state index < -0.39 is 0 Å². The second kappa shape index (κ2) is 15.0. The predicted molar refractivity (Wildman–Crippen MR) is 126 cm³/mol. The normalized spacial score (nSPS) is 15.9. The highest BCUT2D eigenvalue weighted by Gasteiger charge is 2.14. The molecule has 1 heterocycles. The van der Waals surface area contributed by atoms with Crippen molar-refractivity contribution in [3.8, 4) is 5.75 Å². The molecule has 1 aliphatic rings. The van der Waals surface area contributed by atoms with E-state index >= 15 is 0 Å². The molecule has 170 valence electrons. The van der Waals surface area contributed by atoms with Crippen LogP contribution in [0.1, 0.15) is 33.1 Å². The van der Waals surface area contributed by atoms with Crippen LogP contribution in [0.15, 0.2) is 29.3 Å². The molecular formula is C23H41N5O2. The number of guanidine groups is 1. The number of likely N-dealkylation sites (N-methyl/N-ethyl adjacent to an activating group) is 1. The third-order valence-electron chi connectivity index (χ3n) is 5.27. The number of nitrogens with one attached hydrogen (secondary N) is 2. The van der Waals surface area contributed by atoms with Crippen molar-refractivity contribution in [1.29, 1.82) is 0 Å². The monoisotopic (exact) mass is 419 g/mol. The summed E-state index contributed by atoms with van der Waals surface area (Å²) >= 11 is 0. The van der Waals surface area contributed by atoms with Crippen molar-refractivity contribution >= 4 is 11.6 Å². The number of methoxy groups -OCH3 is 1. The van der Waals surface area contributed by atoms with Crippen LogP contribution in [0.4, 0.5) is 5.69 Å². The minimum absolute atomic E-state index is 0.652. The summed E-state index contributed by atoms with van der Waals surface area (Å²) in [6.45, 7) is 14.5. The summed E-state index contributed by atoms with van der Waals surface area (Å²) in [4.78, 5) is 9.85. The molecule has 0 saturated carbocycles. The molecule has 0 bridgehead atoms. The van der Waals surface area contributed by atoms with Crippen LogP contribution in [-0.2, 0) is 4.74 Å². The number of aliphatic imine (C=N–C) groups is 1. The molecule has 0 spiro atoms. The van der Waals surface area contributed by atoms with Crippen LogP contribution in [0, 0.1) is 0 Å². The Labute approximate surface area is 182 Å². The lowest BCUT2D eigenvalue weighted by molar-refractivity contribution is 0.136. The Morgan fingerprint density at radius 1 is 1.03 bits per heavy atom. The molecule has 1 aliphatic heterocycles. The van der Waals surface area contributed by atoms with Gasteiger partial charge >= 0.3 is 0 Å². The number of hydrogen-bond acceptors (Lipinski definition) is 5. The fraction of sp³-hybridized carbons (Fsp3) is 0.696. The van der Waals surface area contributed by atoms with Crippen LogP contribution in [0.5, 0.6) is 5.75 Å². The first-order valence-corrected chi connectivity index (χ1v) is 11.5. The molecule has 0 aliphatic carbocycles. The van der Waals surface area contributed by atoms with Gasteiger partial charge in [-0.2, -0.15) is 0 Å². The number of piperazine rings is 1. The van der Waals surface area contributed by atoms with Crippen LogP contribution in [0.3, 0.4) is 0 Å². The lowest BCUT2D eigenvalue weighted by Crippen LogP contribution is -2.46. The van der Waals surface area contributed by atoms with E-state index in [-0.39, 0.29) is 0 Å². The standard InChI is InChI=1S/C23H41N5O2/c1-4-24-23(25-12-6-7-13-28-16-14-27(5-2)15-17-28)26-21-10-8-11-22(20-21)30-19-9-18-29-3/h8,10-11,20H,4-7,9,12-19H2,1-3H3,(H2,24,25,26).